The number of benzene rings is 2. The highest BCUT2D eigenvalue weighted by atomic mass is 16.5. The summed E-state index contributed by atoms with van der Waals surface area (Å²) in [4.78, 5) is 18.1. The van der Waals surface area contributed by atoms with Crippen LogP contribution in [0.15, 0.2) is 48.5 Å². The fourth-order valence-electron chi connectivity index (χ4n) is 5.57. The molecule has 1 spiro atoms. The van der Waals surface area contributed by atoms with Crippen molar-refractivity contribution in [2.24, 2.45) is 5.92 Å². The number of ether oxygens (including phenoxy) is 1. The highest BCUT2D eigenvalue weighted by molar-refractivity contribution is 5.95. The number of anilines is 1. The van der Waals surface area contributed by atoms with E-state index in [-0.39, 0.29) is 17.4 Å². The lowest BCUT2D eigenvalue weighted by molar-refractivity contribution is -0.00346. The first-order valence-corrected chi connectivity index (χ1v) is 11.7. The molecular weight excluding hydrogens is 386 g/mol. The minimum atomic E-state index is 0.0283. The lowest BCUT2D eigenvalue weighted by atomic mass is 9.81. The molecular formula is C26H31N3O2. The fraction of sp³-hybridized carbons (Fsp3) is 0.500. The summed E-state index contributed by atoms with van der Waals surface area (Å²) in [5, 5.41) is 3.11. The number of rotatable bonds is 6. The summed E-state index contributed by atoms with van der Waals surface area (Å²) in [5.74, 6) is 0.943. The Kier molecular flexibility index (Phi) is 4.77. The second-order valence-electron chi connectivity index (χ2n) is 9.99. The Labute approximate surface area is 184 Å². The maximum Gasteiger partial charge on any atom is 0.251 e. The molecule has 1 atom stereocenters. The highest BCUT2D eigenvalue weighted by Gasteiger charge is 2.48. The van der Waals surface area contributed by atoms with E-state index in [1.54, 1.807) is 0 Å². The molecule has 5 nitrogen and oxygen atoms in total. The number of hydrogen-bond acceptors (Lipinski definition) is 4. The first kappa shape index (κ1) is 19.3. The van der Waals surface area contributed by atoms with Gasteiger partial charge >= 0.3 is 0 Å². The molecule has 0 radical (unpaired) electrons. The molecule has 1 aliphatic carbocycles. The maximum absolute atomic E-state index is 12.9. The summed E-state index contributed by atoms with van der Waals surface area (Å²) < 4.78 is 5.21. The number of fused-ring (bicyclic) bond motifs is 2. The third-order valence-corrected chi connectivity index (χ3v) is 7.50. The van der Waals surface area contributed by atoms with Crippen molar-refractivity contribution in [2.45, 2.75) is 37.3 Å². The van der Waals surface area contributed by atoms with E-state index in [0.717, 1.165) is 31.1 Å². The molecule has 1 amide bonds. The molecule has 0 bridgehead atoms. The Morgan fingerprint density at radius 3 is 2.68 bits per heavy atom. The molecule has 6 rings (SSSR count). The Balaban J connectivity index is 1.30. The summed E-state index contributed by atoms with van der Waals surface area (Å²) in [6.07, 6.45) is 3.98. The van der Waals surface area contributed by atoms with Crippen molar-refractivity contribution in [3.8, 4) is 0 Å². The van der Waals surface area contributed by atoms with Gasteiger partial charge in [0.15, 0.2) is 0 Å². The van der Waals surface area contributed by atoms with Crippen LogP contribution < -0.4 is 10.2 Å². The van der Waals surface area contributed by atoms with Gasteiger partial charge in [-0.05, 0) is 61.1 Å². The molecule has 1 unspecified atom stereocenters. The van der Waals surface area contributed by atoms with Gasteiger partial charge in [-0.2, -0.15) is 0 Å². The molecule has 31 heavy (non-hydrogen) atoms. The highest BCUT2D eigenvalue weighted by Crippen LogP contribution is 2.48. The fourth-order valence-corrected chi connectivity index (χ4v) is 5.57. The van der Waals surface area contributed by atoms with Crippen LogP contribution in [0.5, 0.6) is 0 Å². The van der Waals surface area contributed by atoms with Crippen molar-refractivity contribution in [3.05, 3.63) is 65.2 Å². The lowest BCUT2D eigenvalue weighted by Gasteiger charge is -2.27. The van der Waals surface area contributed by atoms with E-state index in [4.69, 9.17) is 4.74 Å². The number of carbonyl (C=O) groups is 1. The van der Waals surface area contributed by atoms with E-state index in [2.05, 4.69) is 57.6 Å². The third kappa shape index (κ3) is 3.74. The Hall–Kier alpha value is -2.37. The van der Waals surface area contributed by atoms with E-state index in [1.807, 2.05) is 6.07 Å². The molecule has 0 aromatic heterocycles. The second kappa shape index (κ2) is 7.64. The third-order valence-electron chi connectivity index (χ3n) is 7.50. The molecule has 3 heterocycles. The average molecular weight is 418 g/mol. The minimum absolute atomic E-state index is 0.0283. The van der Waals surface area contributed by atoms with Crippen LogP contribution >= 0.6 is 0 Å². The van der Waals surface area contributed by atoms with Crippen LogP contribution in [0.2, 0.25) is 0 Å². The molecule has 1 saturated carbocycles. The molecule has 3 fully saturated rings. The van der Waals surface area contributed by atoms with Gasteiger partial charge in [0.1, 0.15) is 0 Å². The van der Waals surface area contributed by atoms with Gasteiger partial charge in [0.05, 0.1) is 19.3 Å². The molecule has 4 aliphatic rings. The van der Waals surface area contributed by atoms with Gasteiger partial charge in [-0.25, -0.2) is 0 Å². The van der Waals surface area contributed by atoms with Gasteiger partial charge in [-0.1, -0.05) is 30.3 Å². The number of likely N-dealkylation sites (tertiary alicyclic amines) is 1. The molecule has 162 valence electrons. The predicted molar refractivity (Wildman–Crippen MR) is 121 cm³/mol. The van der Waals surface area contributed by atoms with Gasteiger partial charge in [0.25, 0.3) is 5.91 Å². The summed E-state index contributed by atoms with van der Waals surface area (Å²) in [6.45, 7) is 6.75. The van der Waals surface area contributed by atoms with Gasteiger partial charge in [0.2, 0.25) is 0 Å². The molecule has 2 aromatic rings. The topological polar surface area (TPSA) is 44.8 Å². The smallest absolute Gasteiger partial charge is 0.251 e. The standard InChI is InChI=1S/C26H31N3O2/c30-25(27-22-15-31-16-22)21-8-9-24-23(12-21)26(10-11-28(17-26)13-20-6-7-20)18-29(24)14-19-4-2-1-3-5-19/h1-5,8-9,12,20,22H,6-7,10-11,13-18H2,(H,27,30). The van der Waals surface area contributed by atoms with Crippen LogP contribution in [0.3, 0.4) is 0 Å². The first-order valence-electron chi connectivity index (χ1n) is 11.7. The van der Waals surface area contributed by atoms with E-state index >= 15 is 0 Å². The predicted octanol–water partition coefficient (Wildman–Crippen LogP) is 3.19. The Bertz CT molecular complexity index is 970. The molecule has 1 N–H and O–H groups in total. The Morgan fingerprint density at radius 1 is 1.10 bits per heavy atom. The zero-order chi connectivity index (χ0) is 20.8. The van der Waals surface area contributed by atoms with E-state index in [0.29, 0.717) is 13.2 Å². The molecule has 2 aromatic carbocycles. The molecule has 3 aliphatic heterocycles. The van der Waals surface area contributed by atoms with E-state index < -0.39 is 0 Å². The van der Waals surface area contributed by atoms with Crippen LogP contribution in [0.25, 0.3) is 0 Å². The minimum Gasteiger partial charge on any atom is -0.377 e. The zero-order valence-corrected chi connectivity index (χ0v) is 18.1. The number of carbonyl (C=O) groups excluding carboxylic acids is 1. The molecule has 2 saturated heterocycles. The van der Waals surface area contributed by atoms with Crippen molar-refractivity contribution >= 4 is 11.6 Å². The summed E-state index contributed by atoms with van der Waals surface area (Å²) >= 11 is 0. The first-order chi connectivity index (χ1) is 15.2. The summed E-state index contributed by atoms with van der Waals surface area (Å²) in [6, 6.07) is 17.3. The van der Waals surface area contributed by atoms with Crippen molar-refractivity contribution in [2.75, 3.05) is 44.3 Å². The summed E-state index contributed by atoms with van der Waals surface area (Å²) in [5.41, 5.74) is 4.94. The average Bonchev–Trinajstić information content (AvgIpc) is 3.41. The van der Waals surface area contributed by atoms with Gasteiger partial charge in [-0.3, -0.25) is 4.79 Å². The summed E-state index contributed by atoms with van der Waals surface area (Å²) in [7, 11) is 0. The normalized spacial score (nSPS) is 25.6. The van der Waals surface area contributed by atoms with Gasteiger partial charge in [-0.15, -0.1) is 0 Å². The maximum atomic E-state index is 12.9. The molecule has 5 heteroatoms. The zero-order valence-electron chi connectivity index (χ0n) is 18.1. The van der Waals surface area contributed by atoms with Gasteiger partial charge < -0.3 is 19.9 Å². The van der Waals surface area contributed by atoms with Crippen LogP contribution in [0.4, 0.5) is 5.69 Å². The van der Waals surface area contributed by atoms with Crippen molar-refractivity contribution in [3.63, 3.8) is 0 Å². The van der Waals surface area contributed by atoms with Crippen LogP contribution in [-0.4, -0.2) is 56.2 Å². The monoisotopic (exact) mass is 417 g/mol. The largest absolute Gasteiger partial charge is 0.377 e. The van der Waals surface area contributed by atoms with Gasteiger partial charge in [0, 0.05) is 42.8 Å². The number of hydrogen-bond donors (Lipinski definition) is 1. The lowest BCUT2D eigenvalue weighted by Crippen LogP contribution is -2.48. The number of nitrogens with one attached hydrogen (secondary N) is 1. The van der Waals surface area contributed by atoms with E-state index in [9.17, 15) is 4.79 Å². The van der Waals surface area contributed by atoms with Crippen LogP contribution in [-0.2, 0) is 16.7 Å². The van der Waals surface area contributed by atoms with Crippen LogP contribution in [0, 0.1) is 5.92 Å². The number of nitrogens with zero attached hydrogens (tertiary/aromatic N) is 2. The van der Waals surface area contributed by atoms with Crippen molar-refractivity contribution in [1.82, 2.24) is 10.2 Å². The Morgan fingerprint density at radius 2 is 1.94 bits per heavy atom. The van der Waals surface area contributed by atoms with E-state index in [1.165, 1.54) is 49.2 Å². The van der Waals surface area contributed by atoms with Crippen LogP contribution in [0.1, 0.15) is 40.7 Å². The quantitative estimate of drug-likeness (QED) is 0.784. The van der Waals surface area contributed by atoms with Crippen molar-refractivity contribution < 1.29 is 9.53 Å². The van der Waals surface area contributed by atoms with Crippen molar-refractivity contribution in [1.29, 1.82) is 0 Å². The second-order valence-corrected chi connectivity index (χ2v) is 9.99. The SMILES string of the molecule is O=C(NC1COC1)c1ccc2c(c1)C1(CCN(CC3CC3)C1)CN2Cc1ccccc1. The number of amides is 1.